The first-order valence-corrected chi connectivity index (χ1v) is 10.4. The molecule has 1 N–H and O–H groups in total. The highest BCUT2D eigenvalue weighted by atomic mass is 16.5. The molecule has 1 unspecified atom stereocenters. The van der Waals surface area contributed by atoms with Crippen molar-refractivity contribution >= 4 is 5.91 Å². The van der Waals surface area contributed by atoms with Crippen molar-refractivity contribution in [2.75, 3.05) is 32.8 Å². The minimum atomic E-state index is -0.116. The molecule has 1 saturated heterocycles. The van der Waals surface area contributed by atoms with E-state index in [0.717, 1.165) is 13.1 Å². The Hall–Kier alpha value is -3.23. The van der Waals surface area contributed by atoms with Crippen molar-refractivity contribution in [2.45, 2.75) is 19.6 Å². The Morgan fingerprint density at radius 3 is 2.55 bits per heavy atom. The van der Waals surface area contributed by atoms with Crippen LogP contribution < -0.4 is 10.1 Å². The number of amides is 1. The molecule has 2 aromatic carbocycles. The molecule has 4 rings (SSSR count). The average Bonchev–Trinajstić information content (AvgIpc) is 3.24. The van der Waals surface area contributed by atoms with Gasteiger partial charge in [0.25, 0.3) is 5.91 Å². The van der Waals surface area contributed by atoms with Gasteiger partial charge in [-0.25, -0.2) is 0 Å². The largest absolute Gasteiger partial charge is 0.485 e. The van der Waals surface area contributed by atoms with E-state index < -0.39 is 0 Å². The predicted octanol–water partition coefficient (Wildman–Crippen LogP) is 2.76. The van der Waals surface area contributed by atoms with Crippen molar-refractivity contribution in [1.82, 2.24) is 20.4 Å². The lowest BCUT2D eigenvalue weighted by atomic mass is 10.0. The van der Waals surface area contributed by atoms with Gasteiger partial charge in [0, 0.05) is 32.1 Å². The Kier molecular flexibility index (Phi) is 6.91. The first-order chi connectivity index (χ1) is 15.2. The third-order valence-electron chi connectivity index (χ3n) is 5.18. The highest BCUT2D eigenvalue weighted by molar-refractivity contribution is 5.94. The van der Waals surface area contributed by atoms with E-state index in [0.29, 0.717) is 42.8 Å². The van der Waals surface area contributed by atoms with E-state index >= 15 is 0 Å². The summed E-state index contributed by atoms with van der Waals surface area (Å²) in [4.78, 5) is 19.2. The van der Waals surface area contributed by atoms with Crippen molar-refractivity contribution in [3.63, 3.8) is 0 Å². The van der Waals surface area contributed by atoms with Crippen LogP contribution in [-0.4, -0.2) is 53.8 Å². The quantitative estimate of drug-likeness (QED) is 0.597. The Morgan fingerprint density at radius 2 is 1.87 bits per heavy atom. The number of nitrogens with one attached hydrogen (secondary N) is 1. The van der Waals surface area contributed by atoms with Crippen molar-refractivity contribution in [2.24, 2.45) is 0 Å². The number of benzene rings is 2. The second-order valence-electron chi connectivity index (χ2n) is 7.33. The number of rotatable bonds is 8. The van der Waals surface area contributed by atoms with E-state index in [2.05, 4.69) is 32.5 Å². The molecule has 1 aliphatic rings. The summed E-state index contributed by atoms with van der Waals surface area (Å²) in [7, 11) is 0. The maximum atomic E-state index is 12.7. The van der Waals surface area contributed by atoms with Crippen LogP contribution in [0, 0.1) is 6.92 Å². The van der Waals surface area contributed by atoms with Crippen LogP contribution in [0.4, 0.5) is 0 Å². The van der Waals surface area contributed by atoms with E-state index in [4.69, 9.17) is 14.0 Å². The van der Waals surface area contributed by atoms with Gasteiger partial charge in [-0.1, -0.05) is 35.5 Å². The smallest absolute Gasteiger partial charge is 0.251 e. The second-order valence-corrected chi connectivity index (χ2v) is 7.33. The first-order valence-electron chi connectivity index (χ1n) is 10.4. The van der Waals surface area contributed by atoms with Gasteiger partial charge in [0.05, 0.1) is 19.3 Å². The number of morpholine rings is 1. The maximum absolute atomic E-state index is 12.7. The van der Waals surface area contributed by atoms with E-state index in [1.807, 2.05) is 18.2 Å². The molecule has 1 atom stereocenters. The fourth-order valence-electron chi connectivity index (χ4n) is 3.56. The summed E-state index contributed by atoms with van der Waals surface area (Å²) in [5, 5.41) is 6.87. The van der Waals surface area contributed by atoms with Gasteiger partial charge >= 0.3 is 0 Å². The third kappa shape index (κ3) is 5.68. The van der Waals surface area contributed by atoms with Gasteiger partial charge in [0.15, 0.2) is 6.61 Å². The number of hydrogen-bond donors (Lipinski definition) is 1. The number of ether oxygens (including phenoxy) is 2. The van der Waals surface area contributed by atoms with Crippen LogP contribution >= 0.6 is 0 Å². The molecule has 1 aliphatic heterocycles. The zero-order valence-electron chi connectivity index (χ0n) is 17.5. The van der Waals surface area contributed by atoms with Crippen LogP contribution in [0.1, 0.15) is 33.7 Å². The minimum Gasteiger partial charge on any atom is -0.485 e. The van der Waals surface area contributed by atoms with Crippen molar-refractivity contribution < 1.29 is 18.8 Å². The summed E-state index contributed by atoms with van der Waals surface area (Å²) < 4.78 is 16.0. The van der Waals surface area contributed by atoms with Gasteiger partial charge < -0.3 is 19.3 Å². The average molecular weight is 422 g/mol. The fraction of sp³-hybridized carbons (Fsp3) is 0.348. The Balaban J connectivity index is 1.35. The zero-order valence-corrected chi connectivity index (χ0v) is 17.5. The summed E-state index contributed by atoms with van der Waals surface area (Å²) in [6.45, 7) is 5.58. The molecule has 31 heavy (non-hydrogen) atoms. The fourth-order valence-corrected chi connectivity index (χ4v) is 3.56. The van der Waals surface area contributed by atoms with E-state index in [1.54, 1.807) is 31.2 Å². The number of aromatic nitrogens is 2. The predicted molar refractivity (Wildman–Crippen MR) is 114 cm³/mol. The SMILES string of the molecule is Cc1nc(COc2ccc(C(=O)NCC(c3ccccc3)N3CCOCC3)cc2)no1. The second kappa shape index (κ2) is 10.2. The lowest BCUT2D eigenvalue weighted by Gasteiger charge is -2.35. The van der Waals surface area contributed by atoms with Gasteiger partial charge in [0.2, 0.25) is 11.7 Å². The van der Waals surface area contributed by atoms with Crippen LogP contribution in [0.3, 0.4) is 0 Å². The molecule has 0 spiro atoms. The number of carbonyl (C=O) groups excluding carboxylic acids is 1. The Morgan fingerprint density at radius 1 is 1.13 bits per heavy atom. The maximum Gasteiger partial charge on any atom is 0.251 e. The number of hydrogen-bond acceptors (Lipinski definition) is 7. The molecule has 0 aliphatic carbocycles. The molecule has 1 amide bonds. The van der Waals surface area contributed by atoms with Crippen LogP contribution in [0.2, 0.25) is 0 Å². The van der Waals surface area contributed by atoms with Crippen LogP contribution in [0.15, 0.2) is 59.1 Å². The van der Waals surface area contributed by atoms with Gasteiger partial charge in [-0.2, -0.15) is 4.98 Å². The standard InChI is InChI=1S/C23H26N4O4/c1-17-25-22(26-31-17)16-30-20-9-7-19(8-10-20)23(28)24-15-21(18-5-3-2-4-6-18)27-11-13-29-14-12-27/h2-10,21H,11-16H2,1H3,(H,24,28). The highest BCUT2D eigenvalue weighted by Crippen LogP contribution is 2.21. The number of carbonyl (C=O) groups is 1. The van der Waals surface area contributed by atoms with Crippen molar-refractivity contribution in [3.8, 4) is 5.75 Å². The van der Waals surface area contributed by atoms with E-state index in [1.165, 1.54) is 5.56 Å². The molecule has 8 heteroatoms. The molecule has 3 aromatic rings. The van der Waals surface area contributed by atoms with Gasteiger partial charge in [-0.15, -0.1) is 0 Å². The van der Waals surface area contributed by atoms with Gasteiger partial charge in [-0.05, 0) is 29.8 Å². The molecule has 0 radical (unpaired) electrons. The van der Waals surface area contributed by atoms with Gasteiger partial charge in [0.1, 0.15) is 5.75 Å². The molecule has 2 heterocycles. The van der Waals surface area contributed by atoms with Crippen LogP contribution in [0.25, 0.3) is 0 Å². The van der Waals surface area contributed by atoms with Gasteiger partial charge in [-0.3, -0.25) is 9.69 Å². The monoisotopic (exact) mass is 422 g/mol. The molecule has 0 bridgehead atoms. The molecule has 0 saturated carbocycles. The first kappa shape index (κ1) is 21.0. The summed E-state index contributed by atoms with van der Waals surface area (Å²) >= 11 is 0. The minimum absolute atomic E-state index is 0.107. The number of aryl methyl sites for hydroxylation is 1. The lowest BCUT2D eigenvalue weighted by molar-refractivity contribution is 0.0162. The Labute approximate surface area is 181 Å². The topological polar surface area (TPSA) is 89.7 Å². The summed E-state index contributed by atoms with van der Waals surface area (Å²) in [5.74, 6) is 1.50. The third-order valence-corrected chi connectivity index (χ3v) is 5.18. The summed E-state index contributed by atoms with van der Waals surface area (Å²) in [5.41, 5.74) is 1.77. The molecule has 1 fully saturated rings. The van der Waals surface area contributed by atoms with Crippen LogP contribution in [-0.2, 0) is 11.3 Å². The lowest BCUT2D eigenvalue weighted by Crippen LogP contribution is -2.43. The summed E-state index contributed by atoms with van der Waals surface area (Å²) in [6.07, 6.45) is 0. The zero-order chi connectivity index (χ0) is 21.5. The molecule has 8 nitrogen and oxygen atoms in total. The van der Waals surface area contributed by atoms with E-state index in [9.17, 15) is 4.79 Å². The Bertz CT molecular complexity index is 969. The van der Waals surface area contributed by atoms with Crippen LogP contribution in [0.5, 0.6) is 5.75 Å². The summed E-state index contributed by atoms with van der Waals surface area (Å²) in [6, 6.07) is 17.4. The molecule has 162 valence electrons. The number of nitrogens with zero attached hydrogens (tertiary/aromatic N) is 3. The highest BCUT2D eigenvalue weighted by Gasteiger charge is 2.23. The molecule has 1 aromatic heterocycles. The van der Waals surface area contributed by atoms with E-state index in [-0.39, 0.29) is 18.6 Å². The molecular formula is C23H26N4O4. The normalized spacial score (nSPS) is 15.4. The van der Waals surface area contributed by atoms with Crippen molar-refractivity contribution in [3.05, 3.63) is 77.4 Å². The van der Waals surface area contributed by atoms with Crippen molar-refractivity contribution in [1.29, 1.82) is 0 Å². The molecular weight excluding hydrogens is 396 g/mol.